The lowest BCUT2D eigenvalue weighted by Gasteiger charge is -2.08. The number of benzene rings is 2. The monoisotopic (exact) mass is 411 g/mol. The van der Waals surface area contributed by atoms with Crippen LogP contribution in [0.4, 0.5) is 14.5 Å². The van der Waals surface area contributed by atoms with E-state index >= 15 is 0 Å². The molecule has 9 heteroatoms. The van der Waals surface area contributed by atoms with Crippen LogP contribution in [0.2, 0.25) is 10.3 Å². The summed E-state index contributed by atoms with van der Waals surface area (Å²) in [6, 6.07) is 11.2. The average molecular weight is 412 g/mol. The molecule has 3 aromatic rings. The van der Waals surface area contributed by atoms with Crippen LogP contribution in [-0.2, 0) is 0 Å². The zero-order valence-electron chi connectivity index (χ0n) is 12.8. The van der Waals surface area contributed by atoms with Gasteiger partial charge in [0.05, 0.1) is 0 Å². The number of aromatic nitrogens is 2. The summed E-state index contributed by atoms with van der Waals surface area (Å²) >= 11 is 12.9. The van der Waals surface area contributed by atoms with Crippen molar-refractivity contribution in [1.82, 2.24) is 9.97 Å². The molecule has 0 bridgehead atoms. The predicted molar refractivity (Wildman–Crippen MR) is 96.9 cm³/mol. The summed E-state index contributed by atoms with van der Waals surface area (Å²) in [4.78, 5) is 20.9. The molecule has 0 saturated heterocycles. The number of anilines is 1. The van der Waals surface area contributed by atoms with E-state index in [1.165, 1.54) is 23.9 Å². The highest BCUT2D eigenvalue weighted by molar-refractivity contribution is 7.99. The van der Waals surface area contributed by atoms with E-state index in [1.807, 2.05) is 0 Å². The van der Waals surface area contributed by atoms with Crippen LogP contribution < -0.4 is 5.32 Å². The standard InChI is InChI=1S/C17H9Cl2F2N3OS/c18-13-8-14(19)24-17(23-13)26-10-6-4-9(5-7-10)22-16(25)15-11(20)2-1-3-12(15)21/h1-8H,(H,22,25). The second-order valence-electron chi connectivity index (χ2n) is 4.97. The van der Waals surface area contributed by atoms with Crippen molar-refractivity contribution in [2.45, 2.75) is 10.1 Å². The molecule has 2 aromatic carbocycles. The lowest BCUT2D eigenvalue weighted by Crippen LogP contribution is -2.15. The van der Waals surface area contributed by atoms with Gasteiger partial charge in [-0.05, 0) is 48.2 Å². The maximum Gasteiger partial charge on any atom is 0.261 e. The van der Waals surface area contributed by atoms with E-state index in [9.17, 15) is 13.6 Å². The van der Waals surface area contributed by atoms with Gasteiger partial charge < -0.3 is 5.32 Å². The van der Waals surface area contributed by atoms with E-state index in [4.69, 9.17) is 23.2 Å². The van der Waals surface area contributed by atoms with Crippen LogP contribution in [0.25, 0.3) is 0 Å². The van der Waals surface area contributed by atoms with Crippen LogP contribution in [0, 0.1) is 11.6 Å². The van der Waals surface area contributed by atoms with Gasteiger partial charge >= 0.3 is 0 Å². The summed E-state index contributed by atoms with van der Waals surface area (Å²) in [5.74, 6) is -2.72. The lowest BCUT2D eigenvalue weighted by atomic mass is 10.2. The van der Waals surface area contributed by atoms with Gasteiger partial charge in [-0.3, -0.25) is 4.79 Å². The Balaban J connectivity index is 1.72. The van der Waals surface area contributed by atoms with E-state index in [-0.39, 0.29) is 10.3 Å². The quantitative estimate of drug-likeness (QED) is 0.457. The second kappa shape index (κ2) is 7.99. The van der Waals surface area contributed by atoms with Crippen molar-refractivity contribution >= 4 is 46.6 Å². The van der Waals surface area contributed by atoms with Crippen molar-refractivity contribution in [3.63, 3.8) is 0 Å². The van der Waals surface area contributed by atoms with Crippen LogP contribution in [0.5, 0.6) is 0 Å². The first-order chi connectivity index (χ1) is 12.4. The highest BCUT2D eigenvalue weighted by Gasteiger charge is 2.17. The molecule has 0 atom stereocenters. The van der Waals surface area contributed by atoms with Crippen LogP contribution >= 0.6 is 35.0 Å². The molecular weight excluding hydrogens is 403 g/mol. The molecule has 0 spiro atoms. The fraction of sp³-hybridized carbons (Fsp3) is 0. The Kier molecular flexibility index (Phi) is 5.70. The minimum atomic E-state index is -0.926. The third kappa shape index (κ3) is 4.49. The maximum atomic E-state index is 13.6. The van der Waals surface area contributed by atoms with Gasteiger partial charge in [-0.15, -0.1) is 0 Å². The van der Waals surface area contributed by atoms with Gasteiger partial charge in [0.1, 0.15) is 27.5 Å². The smallest absolute Gasteiger partial charge is 0.261 e. The zero-order valence-corrected chi connectivity index (χ0v) is 15.2. The summed E-state index contributed by atoms with van der Waals surface area (Å²) < 4.78 is 27.3. The molecule has 1 aromatic heterocycles. The Morgan fingerprint density at radius 3 is 2.12 bits per heavy atom. The fourth-order valence-corrected chi connectivity index (χ4v) is 3.33. The molecule has 26 heavy (non-hydrogen) atoms. The van der Waals surface area contributed by atoms with Gasteiger partial charge in [-0.25, -0.2) is 18.7 Å². The minimum Gasteiger partial charge on any atom is -0.322 e. The number of rotatable bonds is 4. The topological polar surface area (TPSA) is 54.9 Å². The van der Waals surface area contributed by atoms with Crippen LogP contribution in [0.3, 0.4) is 0 Å². The summed E-state index contributed by atoms with van der Waals surface area (Å²) in [5, 5.41) is 3.27. The molecule has 0 unspecified atom stereocenters. The molecule has 1 heterocycles. The number of nitrogens with one attached hydrogen (secondary N) is 1. The Labute approximate surface area is 161 Å². The van der Waals surface area contributed by atoms with Gasteiger partial charge in [0.15, 0.2) is 5.16 Å². The molecule has 0 fully saturated rings. The first-order valence-electron chi connectivity index (χ1n) is 7.16. The molecule has 0 radical (unpaired) electrons. The number of hydrogen-bond donors (Lipinski definition) is 1. The summed E-state index contributed by atoms with van der Waals surface area (Å²) in [5.41, 5.74) is -0.250. The van der Waals surface area contributed by atoms with Crippen molar-refractivity contribution in [1.29, 1.82) is 0 Å². The number of hydrogen-bond acceptors (Lipinski definition) is 4. The first-order valence-corrected chi connectivity index (χ1v) is 8.73. The van der Waals surface area contributed by atoms with E-state index in [0.717, 1.165) is 17.0 Å². The number of halogens is 4. The third-order valence-corrected chi connectivity index (χ3v) is 4.41. The highest BCUT2D eigenvalue weighted by Crippen LogP contribution is 2.28. The second-order valence-corrected chi connectivity index (χ2v) is 6.79. The summed E-state index contributed by atoms with van der Waals surface area (Å²) in [6.45, 7) is 0. The molecule has 0 aliphatic carbocycles. The van der Waals surface area contributed by atoms with E-state index in [0.29, 0.717) is 10.8 Å². The molecule has 0 aliphatic rings. The molecule has 0 aliphatic heterocycles. The molecule has 3 rings (SSSR count). The molecule has 0 saturated carbocycles. The first kappa shape index (κ1) is 18.6. The predicted octanol–water partition coefficient (Wildman–Crippen LogP) is 5.47. The highest BCUT2D eigenvalue weighted by atomic mass is 35.5. The minimum absolute atomic E-state index is 0.225. The van der Waals surface area contributed by atoms with Gasteiger partial charge in [-0.2, -0.15) is 0 Å². The normalized spacial score (nSPS) is 10.6. The summed E-state index contributed by atoms with van der Waals surface area (Å²) in [7, 11) is 0. The van der Waals surface area contributed by atoms with Gasteiger partial charge in [-0.1, -0.05) is 29.3 Å². The van der Waals surface area contributed by atoms with Gasteiger partial charge in [0, 0.05) is 16.6 Å². The zero-order chi connectivity index (χ0) is 18.7. The van der Waals surface area contributed by atoms with E-state index < -0.39 is 23.1 Å². The number of carbonyl (C=O) groups is 1. The molecule has 4 nitrogen and oxygen atoms in total. The molecule has 1 N–H and O–H groups in total. The van der Waals surface area contributed by atoms with Gasteiger partial charge in [0.25, 0.3) is 5.91 Å². The summed E-state index contributed by atoms with van der Waals surface area (Å²) in [6.07, 6.45) is 0. The van der Waals surface area contributed by atoms with E-state index in [1.54, 1.807) is 24.3 Å². The Hall–Kier alpha value is -2.22. The molecular formula is C17H9Cl2F2N3OS. The Morgan fingerprint density at radius 1 is 0.962 bits per heavy atom. The van der Waals surface area contributed by atoms with Crippen molar-refractivity contribution in [2.24, 2.45) is 0 Å². The Morgan fingerprint density at radius 2 is 1.54 bits per heavy atom. The number of amides is 1. The van der Waals surface area contributed by atoms with Crippen LogP contribution in [0.15, 0.2) is 58.6 Å². The lowest BCUT2D eigenvalue weighted by molar-refractivity contribution is 0.101. The van der Waals surface area contributed by atoms with Gasteiger partial charge in [0.2, 0.25) is 0 Å². The average Bonchev–Trinajstić information content (AvgIpc) is 2.55. The van der Waals surface area contributed by atoms with E-state index in [2.05, 4.69) is 15.3 Å². The number of carbonyl (C=O) groups excluding carboxylic acids is 1. The fourth-order valence-electron chi connectivity index (χ4n) is 2.04. The van der Waals surface area contributed by atoms with Crippen molar-refractivity contribution in [2.75, 3.05) is 5.32 Å². The SMILES string of the molecule is O=C(Nc1ccc(Sc2nc(Cl)cc(Cl)n2)cc1)c1c(F)cccc1F. The van der Waals surface area contributed by atoms with Crippen molar-refractivity contribution in [3.05, 3.63) is 76.0 Å². The van der Waals surface area contributed by atoms with Crippen LogP contribution in [-0.4, -0.2) is 15.9 Å². The maximum absolute atomic E-state index is 13.6. The number of nitrogens with zero attached hydrogens (tertiary/aromatic N) is 2. The third-order valence-electron chi connectivity index (χ3n) is 3.15. The van der Waals surface area contributed by atoms with Crippen molar-refractivity contribution in [3.8, 4) is 0 Å². The Bertz CT molecular complexity index is 930. The largest absolute Gasteiger partial charge is 0.322 e. The van der Waals surface area contributed by atoms with Crippen LogP contribution in [0.1, 0.15) is 10.4 Å². The molecule has 1 amide bonds. The van der Waals surface area contributed by atoms with Crippen molar-refractivity contribution < 1.29 is 13.6 Å². The molecule has 132 valence electrons.